The van der Waals surface area contributed by atoms with Crippen molar-refractivity contribution in [1.29, 1.82) is 0 Å². The molecule has 0 unspecified atom stereocenters. The van der Waals surface area contributed by atoms with Gasteiger partial charge in [0.25, 0.3) is 0 Å². The van der Waals surface area contributed by atoms with E-state index >= 15 is 0 Å². The largest absolute Gasteiger partial charge is 0.481 e. The lowest BCUT2D eigenvalue weighted by molar-refractivity contribution is -0.136. The molecule has 0 radical (unpaired) electrons. The summed E-state index contributed by atoms with van der Waals surface area (Å²) in [6.45, 7) is 6.32. The Bertz CT molecular complexity index is 308. The van der Waals surface area contributed by atoms with Crippen LogP contribution in [0.3, 0.4) is 0 Å². The molecule has 0 heterocycles. The molecular formula is C13H20O2. The molecule has 15 heavy (non-hydrogen) atoms. The number of allylic oxidation sites excluding steroid dienone is 3. The maximum atomic E-state index is 10.8. The normalized spacial score (nSPS) is 21.0. The highest BCUT2D eigenvalue weighted by Gasteiger charge is 2.28. The molecule has 0 aromatic rings. The number of carbonyl (C=O) groups is 1. The standard InChI is InChI=1S/C13H20O2/c1-4-10(9-12(14)15)11-7-5-6-8-13(11,2)3/h4,7H,5-6,8-9H2,1-3H3,(H,14,15). The van der Waals surface area contributed by atoms with Crippen molar-refractivity contribution in [2.24, 2.45) is 5.41 Å². The molecule has 0 aromatic carbocycles. The molecule has 0 saturated heterocycles. The van der Waals surface area contributed by atoms with Gasteiger partial charge in [0.2, 0.25) is 0 Å². The fraction of sp³-hybridized carbons (Fsp3) is 0.615. The highest BCUT2D eigenvalue weighted by molar-refractivity contribution is 5.72. The zero-order valence-corrected chi connectivity index (χ0v) is 9.84. The van der Waals surface area contributed by atoms with Crippen LogP contribution in [0.4, 0.5) is 0 Å². The van der Waals surface area contributed by atoms with E-state index in [-0.39, 0.29) is 11.8 Å². The van der Waals surface area contributed by atoms with Gasteiger partial charge < -0.3 is 5.11 Å². The van der Waals surface area contributed by atoms with Gasteiger partial charge in [0, 0.05) is 0 Å². The summed E-state index contributed by atoms with van der Waals surface area (Å²) in [5.41, 5.74) is 2.35. The lowest BCUT2D eigenvalue weighted by Gasteiger charge is -2.33. The average molecular weight is 208 g/mol. The minimum atomic E-state index is -0.745. The molecule has 0 spiro atoms. The predicted octanol–water partition coefficient (Wildman–Crippen LogP) is 3.54. The van der Waals surface area contributed by atoms with Crippen LogP contribution in [0.1, 0.15) is 46.5 Å². The van der Waals surface area contributed by atoms with Crippen LogP contribution in [0, 0.1) is 5.41 Å². The smallest absolute Gasteiger partial charge is 0.307 e. The van der Waals surface area contributed by atoms with E-state index in [0.717, 1.165) is 18.4 Å². The van der Waals surface area contributed by atoms with Gasteiger partial charge in [-0.1, -0.05) is 26.0 Å². The Morgan fingerprint density at radius 1 is 1.60 bits per heavy atom. The van der Waals surface area contributed by atoms with E-state index in [1.807, 2.05) is 13.0 Å². The number of hydrogen-bond acceptors (Lipinski definition) is 1. The van der Waals surface area contributed by atoms with Gasteiger partial charge in [-0.25, -0.2) is 0 Å². The summed E-state index contributed by atoms with van der Waals surface area (Å²) in [4.78, 5) is 10.8. The predicted molar refractivity (Wildman–Crippen MR) is 61.7 cm³/mol. The third-order valence-corrected chi connectivity index (χ3v) is 3.12. The quantitative estimate of drug-likeness (QED) is 0.770. The van der Waals surface area contributed by atoms with E-state index < -0.39 is 5.97 Å². The molecule has 0 fully saturated rings. The number of rotatable bonds is 3. The first-order valence-electron chi connectivity index (χ1n) is 5.55. The zero-order valence-electron chi connectivity index (χ0n) is 9.84. The van der Waals surface area contributed by atoms with Gasteiger partial charge in [-0.3, -0.25) is 4.79 Å². The lowest BCUT2D eigenvalue weighted by atomic mass is 9.72. The minimum absolute atomic E-state index is 0.134. The van der Waals surface area contributed by atoms with Crippen molar-refractivity contribution in [1.82, 2.24) is 0 Å². The Morgan fingerprint density at radius 2 is 2.27 bits per heavy atom. The van der Waals surface area contributed by atoms with Crippen LogP contribution in [-0.4, -0.2) is 11.1 Å². The summed E-state index contributed by atoms with van der Waals surface area (Å²) in [5.74, 6) is -0.745. The Labute approximate surface area is 91.7 Å². The molecule has 1 aliphatic rings. The molecule has 1 aliphatic carbocycles. The van der Waals surface area contributed by atoms with Gasteiger partial charge in [-0.05, 0) is 42.7 Å². The van der Waals surface area contributed by atoms with Crippen molar-refractivity contribution >= 4 is 5.97 Å². The second-order valence-electron chi connectivity index (χ2n) is 4.78. The summed E-state index contributed by atoms with van der Waals surface area (Å²) in [6, 6.07) is 0. The van der Waals surface area contributed by atoms with Crippen LogP contribution in [0.2, 0.25) is 0 Å². The van der Waals surface area contributed by atoms with Gasteiger partial charge in [0.1, 0.15) is 0 Å². The SMILES string of the molecule is CC=C(CC(=O)O)C1=CCCCC1(C)C. The van der Waals surface area contributed by atoms with E-state index in [9.17, 15) is 4.79 Å². The molecule has 1 N–H and O–H groups in total. The van der Waals surface area contributed by atoms with Gasteiger partial charge in [0.15, 0.2) is 0 Å². The molecule has 0 aliphatic heterocycles. The van der Waals surface area contributed by atoms with Crippen molar-refractivity contribution in [3.8, 4) is 0 Å². The van der Waals surface area contributed by atoms with Crippen molar-refractivity contribution < 1.29 is 9.90 Å². The monoisotopic (exact) mass is 208 g/mol. The Kier molecular flexibility index (Phi) is 3.72. The van der Waals surface area contributed by atoms with Crippen molar-refractivity contribution in [2.75, 3.05) is 0 Å². The summed E-state index contributed by atoms with van der Waals surface area (Å²) < 4.78 is 0. The van der Waals surface area contributed by atoms with Crippen molar-refractivity contribution in [3.63, 3.8) is 0 Å². The van der Waals surface area contributed by atoms with Crippen LogP contribution >= 0.6 is 0 Å². The first-order valence-corrected chi connectivity index (χ1v) is 5.55. The lowest BCUT2D eigenvalue weighted by Crippen LogP contribution is -2.20. The van der Waals surface area contributed by atoms with E-state index in [1.165, 1.54) is 12.0 Å². The molecule has 2 heteroatoms. The molecule has 84 valence electrons. The first kappa shape index (κ1) is 12.0. The van der Waals surface area contributed by atoms with Crippen molar-refractivity contribution in [3.05, 3.63) is 23.3 Å². The maximum absolute atomic E-state index is 10.8. The highest BCUT2D eigenvalue weighted by Crippen LogP contribution is 2.41. The fourth-order valence-electron chi connectivity index (χ4n) is 2.28. The number of aliphatic carboxylic acids is 1. The summed E-state index contributed by atoms with van der Waals surface area (Å²) >= 11 is 0. The fourth-order valence-corrected chi connectivity index (χ4v) is 2.28. The average Bonchev–Trinajstić information content (AvgIpc) is 2.14. The van der Waals surface area contributed by atoms with E-state index in [1.54, 1.807) is 0 Å². The third kappa shape index (κ3) is 2.95. The topological polar surface area (TPSA) is 37.3 Å². The molecule has 0 amide bonds. The molecule has 0 aromatic heterocycles. The van der Waals surface area contributed by atoms with E-state index in [2.05, 4.69) is 19.9 Å². The third-order valence-electron chi connectivity index (χ3n) is 3.12. The van der Waals surface area contributed by atoms with Crippen LogP contribution in [0.15, 0.2) is 23.3 Å². The Hall–Kier alpha value is -1.05. The summed E-state index contributed by atoms with van der Waals surface area (Å²) in [5, 5.41) is 8.85. The van der Waals surface area contributed by atoms with Crippen LogP contribution in [-0.2, 0) is 4.79 Å². The van der Waals surface area contributed by atoms with Crippen LogP contribution in [0.25, 0.3) is 0 Å². The van der Waals surface area contributed by atoms with E-state index in [0.29, 0.717) is 0 Å². The molecule has 2 nitrogen and oxygen atoms in total. The summed E-state index contributed by atoms with van der Waals surface area (Å²) in [6.07, 6.45) is 7.73. The second kappa shape index (κ2) is 4.65. The highest BCUT2D eigenvalue weighted by atomic mass is 16.4. The first-order chi connectivity index (χ1) is 6.97. The second-order valence-corrected chi connectivity index (χ2v) is 4.78. The molecule has 1 rings (SSSR count). The zero-order chi connectivity index (χ0) is 11.5. The number of carboxylic acids is 1. The maximum Gasteiger partial charge on any atom is 0.307 e. The van der Waals surface area contributed by atoms with Gasteiger partial charge in [0.05, 0.1) is 6.42 Å². The molecular weight excluding hydrogens is 188 g/mol. The molecule has 0 saturated carbocycles. The van der Waals surface area contributed by atoms with E-state index in [4.69, 9.17) is 5.11 Å². The number of hydrogen-bond donors (Lipinski definition) is 1. The summed E-state index contributed by atoms with van der Waals surface area (Å²) in [7, 11) is 0. The van der Waals surface area contributed by atoms with Crippen LogP contribution in [0.5, 0.6) is 0 Å². The molecule has 0 bridgehead atoms. The Morgan fingerprint density at radius 3 is 2.73 bits per heavy atom. The minimum Gasteiger partial charge on any atom is -0.481 e. The molecule has 0 atom stereocenters. The number of carboxylic acid groups (broad SMARTS) is 1. The van der Waals surface area contributed by atoms with Crippen LogP contribution < -0.4 is 0 Å². The van der Waals surface area contributed by atoms with Gasteiger partial charge >= 0.3 is 5.97 Å². The van der Waals surface area contributed by atoms with Crippen molar-refractivity contribution in [2.45, 2.75) is 46.5 Å². The van der Waals surface area contributed by atoms with Gasteiger partial charge in [-0.2, -0.15) is 0 Å². The van der Waals surface area contributed by atoms with Gasteiger partial charge in [-0.15, -0.1) is 0 Å². The Balaban J connectivity index is 2.93.